The number of rotatable bonds is 3. The maximum Gasteiger partial charge on any atom is 0.342 e. The largest absolute Gasteiger partial charge is 0.462 e. The standard InChI is InChI=1S/C16H17N3O2/c1-3-21-16(20)13-10(2)18-19-9-7-12-5-4-11(6-8-17)14(12)15(13)19/h7,9,11H,3-6H2,1-2H3. The van der Waals surface area contributed by atoms with Crippen molar-refractivity contribution in [1.82, 2.24) is 9.61 Å². The van der Waals surface area contributed by atoms with E-state index in [1.54, 1.807) is 11.4 Å². The summed E-state index contributed by atoms with van der Waals surface area (Å²) in [4.78, 5) is 12.3. The molecule has 108 valence electrons. The molecule has 0 amide bonds. The fraction of sp³-hybridized carbons (Fsp3) is 0.438. The molecule has 0 fully saturated rings. The monoisotopic (exact) mass is 283 g/mol. The van der Waals surface area contributed by atoms with Crippen LogP contribution in [0.15, 0.2) is 12.3 Å². The van der Waals surface area contributed by atoms with Gasteiger partial charge >= 0.3 is 5.97 Å². The summed E-state index contributed by atoms with van der Waals surface area (Å²) < 4.78 is 6.92. The molecule has 0 aliphatic heterocycles. The van der Waals surface area contributed by atoms with Gasteiger partial charge in [0.2, 0.25) is 0 Å². The third-order valence-electron chi connectivity index (χ3n) is 4.09. The highest BCUT2D eigenvalue weighted by Crippen LogP contribution is 2.39. The average Bonchev–Trinajstić information content (AvgIpc) is 2.99. The van der Waals surface area contributed by atoms with Gasteiger partial charge in [0.25, 0.3) is 0 Å². The lowest BCUT2D eigenvalue weighted by Crippen LogP contribution is -2.07. The number of nitrogens with zero attached hydrogens (tertiary/aromatic N) is 3. The molecule has 5 heteroatoms. The highest BCUT2D eigenvalue weighted by molar-refractivity contribution is 5.99. The second-order valence-corrected chi connectivity index (χ2v) is 5.33. The predicted octanol–water partition coefficient (Wildman–Crippen LogP) is 2.76. The maximum atomic E-state index is 12.3. The number of ether oxygens (including phenoxy) is 1. The van der Waals surface area contributed by atoms with E-state index in [0.29, 0.717) is 24.3 Å². The first kappa shape index (κ1) is 13.6. The number of aromatic nitrogens is 2. The lowest BCUT2D eigenvalue weighted by atomic mass is 9.96. The van der Waals surface area contributed by atoms with Gasteiger partial charge in [-0.25, -0.2) is 9.31 Å². The van der Waals surface area contributed by atoms with Gasteiger partial charge in [-0.2, -0.15) is 10.4 Å². The van der Waals surface area contributed by atoms with Crippen molar-refractivity contribution in [2.75, 3.05) is 6.61 Å². The second kappa shape index (κ2) is 5.21. The van der Waals surface area contributed by atoms with Crippen molar-refractivity contribution in [3.63, 3.8) is 0 Å². The molecule has 2 aromatic heterocycles. The minimum atomic E-state index is -0.332. The zero-order chi connectivity index (χ0) is 15.0. The molecule has 1 aliphatic rings. The first-order valence-corrected chi connectivity index (χ1v) is 7.22. The van der Waals surface area contributed by atoms with Crippen molar-refractivity contribution >= 4 is 11.5 Å². The Labute approximate surface area is 123 Å². The molecule has 0 spiro atoms. The van der Waals surface area contributed by atoms with E-state index >= 15 is 0 Å². The molecule has 1 aliphatic carbocycles. The van der Waals surface area contributed by atoms with Gasteiger partial charge in [0, 0.05) is 12.6 Å². The fourth-order valence-corrected chi connectivity index (χ4v) is 3.23. The molecular formula is C16H17N3O2. The molecule has 1 atom stereocenters. The SMILES string of the molecule is CCOC(=O)c1c(C)nn2ccc3c(c12)C(CC#N)CC3. The molecule has 0 aromatic carbocycles. The van der Waals surface area contributed by atoms with Crippen LogP contribution in [0.2, 0.25) is 0 Å². The van der Waals surface area contributed by atoms with Crippen molar-refractivity contribution in [3.05, 3.63) is 34.6 Å². The second-order valence-electron chi connectivity index (χ2n) is 5.33. The summed E-state index contributed by atoms with van der Waals surface area (Å²) in [6, 6.07) is 4.29. The van der Waals surface area contributed by atoms with Crippen LogP contribution < -0.4 is 0 Å². The van der Waals surface area contributed by atoms with Crippen molar-refractivity contribution < 1.29 is 9.53 Å². The molecule has 0 saturated heterocycles. The molecule has 1 unspecified atom stereocenters. The summed E-state index contributed by atoms with van der Waals surface area (Å²) in [5.41, 5.74) is 4.35. The van der Waals surface area contributed by atoms with Crippen LogP contribution in [-0.4, -0.2) is 22.2 Å². The predicted molar refractivity (Wildman–Crippen MR) is 77.2 cm³/mol. The van der Waals surface area contributed by atoms with Crippen LogP contribution in [0.5, 0.6) is 0 Å². The third-order valence-corrected chi connectivity index (χ3v) is 4.09. The molecule has 5 nitrogen and oxygen atoms in total. The van der Waals surface area contributed by atoms with E-state index in [1.807, 2.05) is 19.2 Å². The van der Waals surface area contributed by atoms with Crippen molar-refractivity contribution in [2.45, 2.75) is 39.0 Å². The number of esters is 1. The molecule has 0 radical (unpaired) electrons. The van der Waals surface area contributed by atoms with E-state index in [4.69, 9.17) is 10.00 Å². The number of carbonyl (C=O) groups excluding carboxylic acids is 1. The summed E-state index contributed by atoms with van der Waals surface area (Å²) >= 11 is 0. The Bertz CT molecular complexity index is 755. The Morgan fingerprint density at radius 1 is 1.62 bits per heavy atom. The third kappa shape index (κ3) is 2.07. The number of hydrogen-bond donors (Lipinski definition) is 0. The van der Waals surface area contributed by atoms with Gasteiger partial charge in [0.15, 0.2) is 0 Å². The highest BCUT2D eigenvalue weighted by Gasteiger charge is 2.30. The van der Waals surface area contributed by atoms with Crippen LogP contribution in [0.3, 0.4) is 0 Å². The molecule has 0 bridgehead atoms. The van der Waals surface area contributed by atoms with Crippen molar-refractivity contribution in [2.24, 2.45) is 0 Å². The smallest absolute Gasteiger partial charge is 0.342 e. The topological polar surface area (TPSA) is 67.4 Å². The zero-order valence-electron chi connectivity index (χ0n) is 12.2. The fourth-order valence-electron chi connectivity index (χ4n) is 3.23. The normalized spacial score (nSPS) is 16.7. The van der Waals surface area contributed by atoms with E-state index in [0.717, 1.165) is 23.9 Å². The Morgan fingerprint density at radius 3 is 3.14 bits per heavy atom. The summed E-state index contributed by atoms with van der Waals surface area (Å²) in [5, 5.41) is 13.4. The Morgan fingerprint density at radius 2 is 2.43 bits per heavy atom. The highest BCUT2D eigenvalue weighted by atomic mass is 16.5. The first-order chi connectivity index (χ1) is 10.2. The lowest BCUT2D eigenvalue weighted by molar-refractivity contribution is 0.0527. The van der Waals surface area contributed by atoms with Gasteiger partial charge in [-0.3, -0.25) is 0 Å². The first-order valence-electron chi connectivity index (χ1n) is 7.22. The van der Waals surface area contributed by atoms with Gasteiger partial charge in [0.05, 0.1) is 23.9 Å². The van der Waals surface area contributed by atoms with Crippen LogP contribution in [-0.2, 0) is 11.2 Å². The molecule has 21 heavy (non-hydrogen) atoms. The van der Waals surface area contributed by atoms with E-state index in [9.17, 15) is 4.79 Å². The van der Waals surface area contributed by atoms with Gasteiger partial charge in [0.1, 0.15) is 5.56 Å². The lowest BCUT2D eigenvalue weighted by Gasteiger charge is -2.10. The number of aryl methyl sites for hydroxylation is 2. The van der Waals surface area contributed by atoms with Crippen LogP contribution in [0.25, 0.3) is 5.52 Å². The summed E-state index contributed by atoms with van der Waals surface area (Å²) in [5.74, 6) is -0.154. The summed E-state index contributed by atoms with van der Waals surface area (Å²) in [7, 11) is 0. The Balaban J connectivity index is 2.25. The van der Waals surface area contributed by atoms with Gasteiger partial charge < -0.3 is 4.74 Å². The average molecular weight is 283 g/mol. The van der Waals surface area contributed by atoms with Crippen LogP contribution in [0.1, 0.15) is 52.9 Å². The zero-order valence-corrected chi connectivity index (χ0v) is 12.2. The number of hydrogen-bond acceptors (Lipinski definition) is 4. The van der Waals surface area contributed by atoms with Crippen LogP contribution >= 0.6 is 0 Å². The number of nitriles is 1. The van der Waals surface area contributed by atoms with E-state index in [1.165, 1.54) is 5.56 Å². The quantitative estimate of drug-likeness (QED) is 0.812. The van der Waals surface area contributed by atoms with Crippen LogP contribution in [0.4, 0.5) is 0 Å². The molecule has 0 N–H and O–H groups in total. The van der Waals surface area contributed by atoms with Gasteiger partial charge in [-0.1, -0.05) is 0 Å². The van der Waals surface area contributed by atoms with Crippen molar-refractivity contribution in [3.8, 4) is 6.07 Å². The minimum Gasteiger partial charge on any atom is -0.462 e. The summed E-state index contributed by atoms with van der Waals surface area (Å²) in [6.07, 6.45) is 4.26. The Hall–Kier alpha value is -2.35. The van der Waals surface area contributed by atoms with Crippen LogP contribution in [0, 0.1) is 18.3 Å². The molecule has 2 aromatic rings. The number of fused-ring (bicyclic) bond motifs is 3. The van der Waals surface area contributed by atoms with Crippen molar-refractivity contribution in [1.29, 1.82) is 5.26 Å². The molecular weight excluding hydrogens is 266 g/mol. The maximum absolute atomic E-state index is 12.3. The Kier molecular flexibility index (Phi) is 3.38. The van der Waals surface area contributed by atoms with Gasteiger partial charge in [-0.05, 0) is 49.8 Å². The van der Waals surface area contributed by atoms with E-state index < -0.39 is 0 Å². The number of carbonyl (C=O) groups is 1. The molecule has 2 heterocycles. The molecule has 3 rings (SSSR count). The molecule has 0 saturated carbocycles. The minimum absolute atomic E-state index is 0.179. The van der Waals surface area contributed by atoms with E-state index in [-0.39, 0.29) is 11.9 Å². The summed E-state index contributed by atoms with van der Waals surface area (Å²) in [6.45, 7) is 3.95. The van der Waals surface area contributed by atoms with Gasteiger partial charge in [-0.15, -0.1) is 0 Å². The van der Waals surface area contributed by atoms with E-state index in [2.05, 4.69) is 11.2 Å². The number of pyridine rings is 1.